The third-order valence-electron chi connectivity index (χ3n) is 4.30. The van der Waals surface area contributed by atoms with Crippen molar-refractivity contribution in [1.82, 2.24) is 5.32 Å². The molecule has 0 radical (unpaired) electrons. The third kappa shape index (κ3) is 4.28. The molecule has 0 aromatic heterocycles. The van der Waals surface area contributed by atoms with Crippen LogP contribution >= 0.6 is 15.9 Å². The SMILES string of the molecule is CC(C)C1CCC(NCc2cc(Br)ccc2F)CC1. The molecule has 1 aliphatic rings. The second kappa shape index (κ2) is 6.85. The van der Waals surface area contributed by atoms with Gasteiger partial charge in [-0.15, -0.1) is 0 Å². The smallest absolute Gasteiger partial charge is 0.127 e. The Morgan fingerprint density at radius 2 is 1.95 bits per heavy atom. The normalized spacial score (nSPS) is 23.8. The second-order valence-electron chi connectivity index (χ2n) is 5.97. The van der Waals surface area contributed by atoms with Crippen molar-refractivity contribution in [2.45, 2.75) is 52.1 Å². The van der Waals surface area contributed by atoms with Gasteiger partial charge in [-0.25, -0.2) is 4.39 Å². The Balaban J connectivity index is 1.82. The zero-order chi connectivity index (χ0) is 13.8. The molecule has 0 aliphatic heterocycles. The highest BCUT2D eigenvalue weighted by atomic mass is 79.9. The molecule has 0 unspecified atom stereocenters. The zero-order valence-electron chi connectivity index (χ0n) is 11.8. The van der Waals surface area contributed by atoms with E-state index in [-0.39, 0.29) is 5.82 Å². The fourth-order valence-electron chi connectivity index (χ4n) is 2.92. The molecule has 106 valence electrons. The van der Waals surface area contributed by atoms with Crippen LogP contribution in [0.4, 0.5) is 4.39 Å². The van der Waals surface area contributed by atoms with Gasteiger partial charge in [-0.05, 0) is 55.7 Å². The van der Waals surface area contributed by atoms with Gasteiger partial charge in [-0.1, -0.05) is 29.8 Å². The first-order valence-corrected chi connectivity index (χ1v) is 8.03. The van der Waals surface area contributed by atoms with Crippen LogP contribution in [-0.2, 0) is 6.54 Å². The predicted octanol–water partition coefficient (Wildman–Crippen LogP) is 4.89. The summed E-state index contributed by atoms with van der Waals surface area (Å²) in [5.41, 5.74) is 0.750. The Morgan fingerprint density at radius 1 is 1.26 bits per heavy atom. The van der Waals surface area contributed by atoms with Gasteiger partial charge in [-0.2, -0.15) is 0 Å². The lowest BCUT2D eigenvalue weighted by Gasteiger charge is -2.31. The molecule has 0 amide bonds. The first-order chi connectivity index (χ1) is 9.06. The van der Waals surface area contributed by atoms with E-state index in [1.165, 1.54) is 31.7 Å². The zero-order valence-corrected chi connectivity index (χ0v) is 13.3. The summed E-state index contributed by atoms with van der Waals surface area (Å²) in [5, 5.41) is 3.50. The highest BCUT2D eigenvalue weighted by molar-refractivity contribution is 9.10. The molecule has 19 heavy (non-hydrogen) atoms. The average molecular weight is 328 g/mol. The summed E-state index contributed by atoms with van der Waals surface area (Å²) in [6.07, 6.45) is 5.05. The third-order valence-corrected chi connectivity index (χ3v) is 4.80. The van der Waals surface area contributed by atoms with E-state index in [1.54, 1.807) is 6.07 Å². The molecular weight excluding hydrogens is 305 g/mol. The molecule has 2 rings (SSSR count). The highest BCUT2D eigenvalue weighted by Crippen LogP contribution is 2.30. The van der Waals surface area contributed by atoms with Crippen molar-refractivity contribution in [1.29, 1.82) is 0 Å². The molecule has 1 fully saturated rings. The Morgan fingerprint density at radius 3 is 2.58 bits per heavy atom. The van der Waals surface area contributed by atoms with Gasteiger partial charge in [0, 0.05) is 22.6 Å². The maximum Gasteiger partial charge on any atom is 0.127 e. The molecule has 0 bridgehead atoms. The monoisotopic (exact) mass is 327 g/mol. The molecular formula is C16H23BrFN. The van der Waals surface area contributed by atoms with Crippen LogP contribution in [0.2, 0.25) is 0 Å². The van der Waals surface area contributed by atoms with Gasteiger partial charge in [0.2, 0.25) is 0 Å². The molecule has 1 aromatic rings. The summed E-state index contributed by atoms with van der Waals surface area (Å²) >= 11 is 3.39. The Kier molecular flexibility index (Phi) is 5.40. The number of hydrogen-bond acceptors (Lipinski definition) is 1. The summed E-state index contributed by atoms with van der Waals surface area (Å²) in [7, 11) is 0. The van der Waals surface area contributed by atoms with Gasteiger partial charge in [0.25, 0.3) is 0 Å². The lowest BCUT2D eigenvalue weighted by molar-refractivity contribution is 0.238. The number of benzene rings is 1. The van der Waals surface area contributed by atoms with Gasteiger partial charge in [0.15, 0.2) is 0 Å². The van der Waals surface area contributed by atoms with Crippen molar-refractivity contribution < 1.29 is 4.39 Å². The number of hydrogen-bond donors (Lipinski definition) is 1. The van der Waals surface area contributed by atoms with E-state index in [1.807, 2.05) is 6.07 Å². The maximum atomic E-state index is 13.6. The van der Waals surface area contributed by atoms with Gasteiger partial charge < -0.3 is 5.32 Å². The van der Waals surface area contributed by atoms with Gasteiger partial charge in [0.1, 0.15) is 5.82 Å². The van der Waals surface area contributed by atoms with E-state index in [0.717, 1.165) is 21.9 Å². The van der Waals surface area contributed by atoms with Crippen molar-refractivity contribution in [3.63, 3.8) is 0 Å². The van der Waals surface area contributed by atoms with Gasteiger partial charge in [0.05, 0.1) is 0 Å². The van der Waals surface area contributed by atoms with Crippen LogP contribution in [0.15, 0.2) is 22.7 Å². The van der Waals surface area contributed by atoms with E-state index in [9.17, 15) is 4.39 Å². The minimum atomic E-state index is -0.119. The van der Waals surface area contributed by atoms with Crippen LogP contribution in [-0.4, -0.2) is 6.04 Å². The van der Waals surface area contributed by atoms with E-state index in [4.69, 9.17) is 0 Å². The predicted molar refractivity (Wildman–Crippen MR) is 81.5 cm³/mol. The summed E-state index contributed by atoms with van der Waals surface area (Å²) in [6.45, 7) is 5.26. The van der Waals surface area contributed by atoms with E-state index in [2.05, 4.69) is 35.1 Å². The summed E-state index contributed by atoms with van der Waals surface area (Å²) in [4.78, 5) is 0. The lowest BCUT2D eigenvalue weighted by Crippen LogP contribution is -2.34. The van der Waals surface area contributed by atoms with E-state index >= 15 is 0 Å². The standard InChI is InChI=1S/C16H23BrFN/c1-11(2)12-3-6-15(7-4-12)19-10-13-9-14(17)5-8-16(13)18/h5,8-9,11-12,15,19H,3-4,6-7,10H2,1-2H3. The first-order valence-electron chi connectivity index (χ1n) is 7.23. The van der Waals surface area contributed by atoms with Crippen molar-refractivity contribution in [2.75, 3.05) is 0 Å². The van der Waals surface area contributed by atoms with E-state index in [0.29, 0.717) is 12.6 Å². The molecule has 0 spiro atoms. The van der Waals surface area contributed by atoms with Crippen molar-refractivity contribution in [2.24, 2.45) is 11.8 Å². The molecule has 1 aliphatic carbocycles. The minimum Gasteiger partial charge on any atom is -0.310 e. The van der Waals surface area contributed by atoms with Crippen LogP contribution in [0.5, 0.6) is 0 Å². The molecule has 1 nitrogen and oxygen atoms in total. The maximum absolute atomic E-state index is 13.6. The molecule has 1 aromatic carbocycles. The Labute approximate surface area is 124 Å². The van der Waals surface area contributed by atoms with Crippen LogP contribution in [0, 0.1) is 17.7 Å². The van der Waals surface area contributed by atoms with Gasteiger partial charge in [-0.3, -0.25) is 0 Å². The molecule has 0 atom stereocenters. The van der Waals surface area contributed by atoms with Crippen LogP contribution in [0.1, 0.15) is 45.1 Å². The second-order valence-corrected chi connectivity index (χ2v) is 6.89. The fourth-order valence-corrected chi connectivity index (χ4v) is 3.33. The van der Waals surface area contributed by atoms with Crippen molar-refractivity contribution >= 4 is 15.9 Å². The largest absolute Gasteiger partial charge is 0.310 e. The summed E-state index contributed by atoms with van der Waals surface area (Å²) in [5.74, 6) is 1.55. The molecule has 0 heterocycles. The van der Waals surface area contributed by atoms with Crippen molar-refractivity contribution in [3.05, 3.63) is 34.1 Å². The molecule has 3 heteroatoms. The molecule has 0 saturated heterocycles. The quantitative estimate of drug-likeness (QED) is 0.829. The van der Waals surface area contributed by atoms with Crippen LogP contribution in [0.3, 0.4) is 0 Å². The topological polar surface area (TPSA) is 12.0 Å². The number of rotatable bonds is 4. The van der Waals surface area contributed by atoms with Crippen molar-refractivity contribution in [3.8, 4) is 0 Å². The average Bonchev–Trinajstić information content (AvgIpc) is 2.40. The first kappa shape index (κ1) is 15.0. The lowest BCUT2D eigenvalue weighted by atomic mass is 9.80. The number of nitrogens with one attached hydrogen (secondary N) is 1. The summed E-state index contributed by atoms with van der Waals surface area (Å²) < 4.78 is 14.6. The van der Waals surface area contributed by atoms with Gasteiger partial charge >= 0.3 is 0 Å². The van der Waals surface area contributed by atoms with Crippen LogP contribution in [0.25, 0.3) is 0 Å². The van der Waals surface area contributed by atoms with Crippen LogP contribution < -0.4 is 5.32 Å². The fraction of sp³-hybridized carbons (Fsp3) is 0.625. The number of halogens is 2. The summed E-state index contributed by atoms with van der Waals surface area (Å²) in [6, 6.07) is 5.68. The molecule has 1 saturated carbocycles. The Hall–Kier alpha value is -0.410. The molecule has 1 N–H and O–H groups in total. The minimum absolute atomic E-state index is 0.119. The van der Waals surface area contributed by atoms with E-state index < -0.39 is 0 Å². The highest BCUT2D eigenvalue weighted by Gasteiger charge is 2.22. The Bertz CT molecular complexity index is 411.